The summed E-state index contributed by atoms with van der Waals surface area (Å²) in [6, 6.07) is 15.9. The average molecular weight is 338 g/mol. The topological polar surface area (TPSA) is 95.2 Å². The lowest BCUT2D eigenvalue weighted by atomic mass is 9.97. The first-order valence-electron chi connectivity index (χ1n) is 8.13. The van der Waals surface area contributed by atoms with E-state index in [-0.39, 0.29) is 11.9 Å². The van der Waals surface area contributed by atoms with Gasteiger partial charge in [0.1, 0.15) is 12.4 Å². The van der Waals surface area contributed by atoms with Crippen molar-refractivity contribution in [2.24, 2.45) is 27.4 Å². The molecule has 0 bridgehead atoms. The summed E-state index contributed by atoms with van der Waals surface area (Å²) in [6.07, 6.45) is 0.720. The van der Waals surface area contributed by atoms with Gasteiger partial charge in [-0.05, 0) is 29.7 Å². The monoisotopic (exact) mass is 338 g/mol. The number of aliphatic imine (C=N–C) groups is 2. The van der Waals surface area contributed by atoms with Crippen molar-refractivity contribution in [1.82, 2.24) is 0 Å². The van der Waals surface area contributed by atoms with Gasteiger partial charge in [-0.2, -0.15) is 0 Å². The molecule has 1 aliphatic rings. The number of benzene rings is 2. The van der Waals surface area contributed by atoms with E-state index in [0.717, 1.165) is 17.5 Å². The van der Waals surface area contributed by atoms with Crippen LogP contribution in [0.5, 0.6) is 11.5 Å². The van der Waals surface area contributed by atoms with Crippen LogP contribution in [0.3, 0.4) is 0 Å². The SMILES string of the molecule is COc1ccc(CC2CN=C(N)N=C2N)cc1OCc1ccccc1. The van der Waals surface area contributed by atoms with E-state index >= 15 is 0 Å². The fraction of sp³-hybridized carbons (Fsp3) is 0.263. The summed E-state index contributed by atoms with van der Waals surface area (Å²) in [5, 5.41) is 0. The second-order valence-electron chi connectivity index (χ2n) is 5.90. The van der Waals surface area contributed by atoms with E-state index in [1.807, 2.05) is 48.5 Å². The van der Waals surface area contributed by atoms with Gasteiger partial charge in [-0.3, -0.25) is 4.99 Å². The number of methoxy groups -OCH3 is 1. The number of ether oxygens (including phenoxy) is 2. The molecule has 2 aromatic carbocycles. The van der Waals surface area contributed by atoms with E-state index in [2.05, 4.69) is 9.98 Å². The molecule has 0 spiro atoms. The van der Waals surface area contributed by atoms with Gasteiger partial charge in [0.25, 0.3) is 0 Å². The van der Waals surface area contributed by atoms with E-state index in [4.69, 9.17) is 20.9 Å². The van der Waals surface area contributed by atoms with Crippen molar-refractivity contribution in [3.8, 4) is 11.5 Å². The quantitative estimate of drug-likeness (QED) is 0.843. The molecule has 3 rings (SSSR count). The van der Waals surface area contributed by atoms with Crippen molar-refractivity contribution in [2.75, 3.05) is 13.7 Å². The largest absolute Gasteiger partial charge is 0.493 e. The molecule has 0 saturated carbocycles. The van der Waals surface area contributed by atoms with Gasteiger partial charge in [0.05, 0.1) is 13.7 Å². The maximum absolute atomic E-state index is 5.98. The molecule has 6 heteroatoms. The van der Waals surface area contributed by atoms with Crippen molar-refractivity contribution in [3.05, 3.63) is 59.7 Å². The lowest BCUT2D eigenvalue weighted by Crippen LogP contribution is -2.34. The summed E-state index contributed by atoms with van der Waals surface area (Å²) >= 11 is 0. The Morgan fingerprint density at radius 1 is 1.04 bits per heavy atom. The lowest BCUT2D eigenvalue weighted by Gasteiger charge is -2.19. The second-order valence-corrected chi connectivity index (χ2v) is 5.90. The third-order valence-electron chi connectivity index (χ3n) is 4.08. The maximum atomic E-state index is 5.98. The minimum Gasteiger partial charge on any atom is -0.493 e. The van der Waals surface area contributed by atoms with Crippen molar-refractivity contribution in [3.63, 3.8) is 0 Å². The van der Waals surface area contributed by atoms with Crippen LogP contribution in [-0.4, -0.2) is 25.4 Å². The van der Waals surface area contributed by atoms with Crippen molar-refractivity contribution < 1.29 is 9.47 Å². The van der Waals surface area contributed by atoms with Gasteiger partial charge in [0, 0.05) is 5.92 Å². The summed E-state index contributed by atoms with van der Waals surface area (Å²) in [6.45, 7) is 1.03. The highest BCUT2D eigenvalue weighted by Gasteiger charge is 2.19. The predicted octanol–water partition coefficient (Wildman–Crippen LogP) is 2.12. The lowest BCUT2D eigenvalue weighted by molar-refractivity contribution is 0.284. The molecule has 6 nitrogen and oxygen atoms in total. The van der Waals surface area contributed by atoms with Crippen LogP contribution in [0.2, 0.25) is 0 Å². The summed E-state index contributed by atoms with van der Waals surface area (Å²) in [5.41, 5.74) is 13.7. The summed E-state index contributed by atoms with van der Waals surface area (Å²) in [4.78, 5) is 8.22. The number of hydrogen-bond acceptors (Lipinski definition) is 6. The Bertz CT molecular complexity index is 787. The first kappa shape index (κ1) is 16.8. The Morgan fingerprint density at radius 3 is 2.56 bits per heavy atom. The molecule has 130 valence electrons. The summed E-state index contributed by atoms with van der Waals surface area (Å²) in [5.74, 6) is 2.22. The van der Waals surface area contributed by atoms with Gasteiger partial charge < -0.3 is 20.9 Å². The first-order chi connectivity index (χ1) is 12.2. The number of nitrogens with two attached hydrogens (primary N) is 2. The molecular weight excluding hydrogens is 316 g/mol. The second kappa shape index (κ2) is 7.70. The van der Waals surface area contributed by atoms with E-state index in [1.165, 1.54) is 0 Å². The van der Waals surface area contributed by atoms with Crippen LogP contribution in [0.1, 0.15) is 11.1 Å². The molecule has 0 aliphatic carbocycles. The smallest absolute Gasteiger partial charge is 0.217 e. The molecule has 0 amide bonds. The summed E-state index contributed by atoms with van der Waals surface area (Å²) in [7, 11) is 1.63. The Balaban J connectivity index is 1.72. The zero-order valence-corrected chi connectivity index (χ0v) is 14.2. The van der Waals surface area contributed by atoms with Crippen LogP contribution >= 0.6 is 0 Å². The van der Waals surface area contributed by atoms with E-state index in [9.17, 15) is 0 Å². The molecule has 0 fully saturated rings. The van der Waals surface area contributed by atoms with E-state index in [1.54, 1.807) is 7.11 Å². The number of rotatable bonds is 6. The van der Waals surface area contributed by atoms with Crippen LogP contribution in [0, 0.1) is 5.92 Å². The third kappa shape index (κ3) is 4.29. The van der Waals surface area contributed by atoms with Crippen LogP contribution < -0.4 is 20.9 Å². The Hall–Kier alpha value is -3.02. The molecule has 1 aliphatic heterocycles. The van der Waals surface area contributed by atoms with Gasteiger partial charge in [-0.1, -0.05) is 36.4 Å². The molecule has 4 N–H and O–H groups in total. The van der Waals surface area contributed by atoms with Crippen molar-refractivity contribution in [1.29, 1.82) is 0 Å². The minimum atomic E-state index is 0.0441. The Kier molecular flexibility index (Phi) is 5.18. The van der Waals surface area contributed by atoms with E-state index < -0.39 is 0 Å². The number of hydrogen-bond donors (Lipinski definition) is 2. The standard InChI is InChI=1S/C19H22N4O2/c1-24-16-8-7-14(9-15-11-22-19(21)23-18(15)20)10-17(16)25-12-13-5-3-2-4-6-13/h2-8,10,15H,9,11-12H2,1H3,(H4,20,21,22,23). The molecule has 0 saturated heterocycles. The zero-order valence-electron chi connectivity index (χ0n) is 14.2. The van der Waals surface area contributed by atoms with Gasteiger partial charge in [0.2, 0.25) is 5.96 Å². The molecule has 0 radical (unpaired) electrons. The molecular formula is C19H22N4O2. The Morgan fingerprint density at radius 2 is 1.84 bits per heavy atom. The molecule has 1 unspecified atom stereocenters. The fourth-order valence-electron chi connectivity index (χ4n) is 2.71. The van der Waals surface area contributed by atoms with Crippen LogP contribution in [0.25, 0.3) is 0 Å². The van der Waals surface area contributed by atoms with Crippen molar-refractivity contribution in [2.45, 2.75) is 13.0 Å². The maximum Gasteiger partial charge on any atom is 0.217 e. The average Bonchev–Trinajstić information content (AvgIpc) is 2.63. The number of nitrogens with zero attached hydrogens (tertiary/aromatic N) is 2. The zero-order chi connectivity index (χ0) is 17.6. The first-order valence-corrected chi connectivity index (χ1v) is 8.13. The molecule has 2 aromatic rings. The Labute approximate surface area is 147 Å². The van der Waals surface area contributed by atoms with Gasteiger partial charge >= 0.3 is 0 Å². The van der Waals surface area contributed by atoms with E-state index in [0.29, 0.717) is 30.5 Å². The molecule has 25 heavy (non-hydrogen) atoms. The third-order valence-corrected chi connectivity index (χ3v) is 4.08. The van der Waals surface area contributed by atoms with Crippen LogP contribution in [0.15, 0.2) is 58.5 Å². The molecule has 1 atom stereocenters. The summed E-state index contributed by atoms with van der Waals surface area (Å²) < 4.78 is 11.4. The predicted molar refractivity (Wildman–Crippen MR) is 99.1 cm³/mol. The number of amidine groups is 1. The van der Waals surface area contributed by atoms with Crippen LogP contribution in [0.4, 0.5) is 0 Å². The molecule has 0 aromatic heterocycles. The van der Waals surface area contributed by atoms with Gasteiger partial charge in [-0.25, -0.2) is 4.99 Å². The highest BCUT2D eigenvalue weighted by molar-refractivity contribution is 5.97. The minimum absolute atomic E-state index is 0.0441. The number of guanidine groups is 1. The molecule has 1 heterocycles. The van der Waals surface area contributed by atoms with Crippen LogP contribution in [-0.2, 0) is 13.0 Å². The van der Waals surface area contributed by atoms with Gasteiger partial charge in [-0.15, -0.1) is 0 Å². The van der Waals surface area contributed by atoms with Crippen molar-refractivity contribution >= 4 is 11.8 Å². The van der Waals surface area contributed by atoms with Gasteiger partial charge in [0.15, 0.2) is 11.5 Å². The normalized spacial score (nSPS) is 16.8. The highest BCUT2D eigenvalue weighted by atomic mass is 16.5. The fourth-order valence-corrected chi connectivity index (χ4v) is 2.71. The highest BCUT2D eigenvalue weighted by Crippen LogP contribution is 2.30.